The Morgan fingerprint density at radius 1 is 1.12 bits per heavy atom. The molecule has 1 atom stereocenters. The Labute approximate surface area is 204 Å². The van der Waals surface area contributed by atoms with Crippen LogP contribution >= 0.6 is 11.6 Å². The second-order valence-electron chi connectivity index (χ2n) is 8.16. The number of carbonyl (C=O) groups is 1. The highest BCUT2D eigenvalue weighted by atomic mass is 35.5. The van der Waals surface area contributed by atoms with Gasteiger partial charge >= 0.3 is 0 Å². The summed E-state index contributed by atoms with van der Waals surface area (Å²) in [6.07, 6.45) is 0. The highest BCUT2D eigenvalue weighted by molar-refractivity contribution is 7.89. The van der Waals surface area contributed by atoms with E-state index in [2.05, 4.69) is 9.62 Å². The number of carbonyl (C=O) groups excluding carboxylic acids is 1. The predicted molar refractivity (Wildman–Crippen MR) is 127 cm³/mol. The van der Waals surface area contributed by atoms with Crippen molar-refractivity contribution in [1.29, 1.82) is 0 Å². The Morgan fingerprint density at radius 3 is 2.56 bits per heavy atom. The van der Waals surface area contributed by atoms with Crippen molar-refractivity contribution in [2.45, 2.75) is 31.3 Å². The zero-order valence-electron chi connectivity index (χ0n) is 19.1. The lowest BCUT2D eigenvalue weighted by Gasteiger charge is -2.36. The number of hydrogen-bond acceptors (Lipinski definition) is 7. The molecule has 0 aliphatic carbocycles. The van der Waals surface area contributed by atoms with Crippen LogP contribution in [0.1, 0.15) is 19.4 Å². The number of nitrogens with zero attached hydrogens (tertiary/aromatic N) is 2. The van der Waals surface area contributed by atoms with Gasteiger partial charge in [-0.15, -0.1) is 0 Å². The first kappa shape index (κ1) is 24.6. The molecule has 1 saturated heterocycles. The number of rotatable bonds is 8. The first-order valence-corrected chi connectivity index (χ1v) is 13.0. The van der Waals surface area contributed by atoms with E-state index < -0.39 is 16.1 Å². The third-order valence-electron chi connectivity index (χ3n) is 5.74. The summed E-state index contributed by atoms with van der Waals surface area (Å²) in [5, 5.41) is 0.197. The molecule has 34 heavy (non-hydrogen) atoms. The zero-order valence-corrected chi connectivity index (χ0v) is 20.7. The number of amides is 1. The summed E-state index contributed by atoms with van der Waals surface area (Å²) in [4.78, 5) is 16.8. The fourth-order valence-corrected chi connectivity index (χ4v) is 5.49. The highest BCUT2D eigenvalue weighted by Crippen LogP contribution is 2.33. The average molecular weight is 510 g/mol. The van der Waals surface area contributed by atoms with Crippen LogP contribution in [0.3, 0.4) is 0 Å². The van der Waals surface area contributed by atoms with Gasteiger partial charge in [0.1, 0.15) is 5.75 Å². The van der Waals surface area contributed by atoms with E-state index in [1.54, 1.807) is 11.8 Å². The van der Waals surface area contributed by atoms with Crippen molar-refractivity contribution in [3.8, 4) is 17.2 Å². The highest BCUT2D eigenvalue weighted by Gasteiger charge is 2.29. The summed E-state index contributed by atoms with van der Waals surface area (Å²) < 4.78 is 44.2. The summed E-state index contributed by atoms with van der Waals surface area (Å²) in [5.74, 6) is 1.65. The average Bonchev–Trinajstić information content (AvgIpc) is 3.28. The van der Waals surface area contributed by atoms with Crippen molar-refractivity contribution < 1.29 is 27.4 Å². The van der Waals surface area contributed by atoms with Gasteiger partial charge in [-0.2, -0.15) is 4.72 Å². The summed E-state index contributed by atoms with van der Waals surface area (Å²) >= 11 is 6.12. The molecule has 1 N–H and O–H groups in total. The number of ether oxygens (including phenoxy) is 3. The summed E-state index contributed by atoms with van der Waals surface area (Å²) in [7, 11) is -3.92. The van der Waals surface area contributed by atoms with Crippen LogP contribution in [0.15, 0.2) is 41.3 Å². The minimum absolute atomic E-state index is 0.0193. The molecule has 2 aromatic carbocycles. The molecular weight excluding hydrogens is 482 g/mol. The lowest BCUT2D eigenvalue weighted by molar-refractivity contribution is -0.134. The van der Waals surface area contributed by atoms with E-state index in [1.165, 1.54) is 18.2 Å². The van der Waals surface area contributed by atoms with Crippen LogP contribution < -0.4 is 18.9 Å². The molecule has 4 rings (SSSR count). The van der Waals surface area contributed by atoms with Crippen LogP contribution in [0.25, 0.3) is 0 Å². The van der Waals surface area contributed by atoms with Gasteiger partial charge in [0.2, 0.25) is 22.7 Å². The van der Waals surface area contributed by atoms with Crippen molar-refractivity contribution in [2.24, 2.45) is 0 Å². The largest absolute Gasteiger partial charge is 0.492 e. The number of sulfonamides is 1. The molecular formula is C23H28ClN3O6S. The lowest BCUT2D eigenvalue weighted by atomic mass is 10.1. The number of halogens is 1. The molecule has 184 valence electrons. The van der Waals surface area contributed by atoms with Crippen LogP contribution in [0.4, 0.5) is 0 Å². The normalized spacial score (nSPS) is 17.0. The number of fused-ring (bicyclic) bond motifs is 1. The van der Waals surface area contributed by atoms with E-state index >= 15 is 0 Å². The molecule has 0 bridgehead atoms. The maximum absolute atomic E-state index is 12.9. The van der Waals surface area contributed by atoms with Crippen molar-refractivity contribution in [2.75, 3.05) is 39.6 Å². The molecule has 2 aromatic rings. The zero-order chi connectivity index (χ0) is 24.3. The van der Waals surface area contributed by atoms with E-state index in [4.69, 9.17) is 25.8 Å². The van der Waals surface area contributed by atoms with Crippen LogP contribution in [0, 0.1) is 0 Å². The minimum Gasteiger partial charge on any atom is -0.492 e. The second-order valence-corrected chi connectivity index (χ2v) is 10.3. The molecule has 2 aliphatic rings. The maximum atomic E-state index is 12.9. The second kappa shape index (κ2) is 10.4. The number of piperazine rings is 1. The van der Waals surface area contributed by atoms with E-state index in [9.17, 15) is 13.2 Å². The Morgan fingerprint density at radius 2 is 1.85 bits per heavy atom. The fraction of sp³-hybridized carbons (Fsp3) is 0.435. The first-order chi connectivity index (χ1) is 16.3. The van der Waals surface area contributed by atoms with Gasteiger partial charge in [0.15, 0.2) is 11.5 Å². The molecule has 0 spiro atoms. The van der Waals surface area contributed by atoms with E-state index in [0.717, 1.165) is 23.6 Å². The fourth-order valence-electron chi connectivity index (χ4n) is 3.97. The molecule has 0 aromatic heterocycles. The van der Waals surface area contributed by atoms with Gasteiger partial charge in [0, 0.05) is 32.7 Å². The third-order valence-corrected chi connectivity index (χ3v) is 7.58. The molecule has 11 heteroatoms. The molecule has 1 fully saturated rings. The maximum Gasteiger partial charge on any atom is 0.241 e. The molecule has 0 unspecified atom stereocenters. The number of hydrogen-bond donors (Lipinski definition) is 1. The Kier molecular flexibility index (Phi) is 7.51. The van der Waals surface area contributed by atoms with E-state index in [0.29, 0.717) is 38.5 Å². The van der Waals surface area contributed by atoms with Crippen LogP contribution in [-0.4, -0.2) is 69.7 Å². The quantitative estimate of drug-likeness (QED) is 0.583. The topological polar surface area (TPSA) is 97.4 Å². The van der Waals surface area contributed by atoms with Gasteiger partial charge in [-0.3, -0.25) is 9.69 Å². The molecule has 0 radical (unpaired) electrons. The molecule has 0 saturated carbocycles. The molecule has 1 amide bonds. The minimum atomic E-state index is -3.92. The Hall–Kier alpha value is -2.53. The summed E-state index contributed by atoms with van der Waals surface area (Å²) in [6.45, 7) is 7.17. The van der Waals surface area contributed by atoms with Crippen LogP contribution in [-0.2, 0) is 21.4 Å². The van der Waals surface area contributed by atoms with Crippen molar-refractivity contribution >= 4 is 27.5 Å². The third kappa shape index (κ3) is 5.57. The summed E-state index contributed by atoms with van der Waals surface area (Å²) in [6, 6.07) is 9.22. The predicted octanol–water partition coefficient (Wildman–Crippen LogP) is 2.48. The van der Waals surface area contributed by atoms with Crippen LogP contribution in [0.5, 0.6) is 17.2 Å². The number of benzene rings is 2. The molecule has 2 heterocycles. The van der Waals surface area contributed by atoms with Crippen molar-refractivity contribution in [1.82, 2.24) is 14.5 Å². The van der Waals surface area contributed by atoms with Gasteiger partial charge in [0.05, 0.1) is 22.6 Å². The van der Waals surface area contributed by atoms with Gasteiger partial charge in [-0.25, -0.2) is 8.42 Å². The van der Waals surface area contributed by atoms with Gasteiger partial charge < -0.3 is 19.1 Å². The van der Waals surface area contributed by atoms with Crippen molar-refractivity contribution in [3.05, 3.63) is 47.0 Å². The standard InChI is InChI=1S/C23H28ClN3O6S/c1-3-31-20-7-5-18(13-19(20)24)34(29,30)25-16(2)23(28)27-10-8-26(9-11-27)14-17-4-6-21-22(12-17)33-15-32-21/h4-7,12-13,16,25H,3,8-11,14-15H2,1-2H3/t16-/m1/s1. The molecule has 2 aliphatic heterocycles. The Bertz CT molecular complexity index is 1150. The smallest absolute Gasteiger partial charge is 0.241 e. The molecule has 9 nitrogen and oxygen atoms in total. The van der Waals surface area contributed by atoms with Gasteiger partial charge in [-0.1, -0.05) is 17.7 Å². The number of nitrogens with one attached hydrogen (secondary N) is 1. The van der Waals surface area contributed by atoms with Gasteiger partial charge in [-0.05, 0) is 49.7 Å². The van der Waals surface area contributed by atoms with Crippen LogP contribution in [0.2, 0.25) is 5.02 Å². The van der Waals surface area contributed by atoms with Crippen molar-refractivity contribution in [3.63, 3.8) is 0 Å². The lowest BCUT2D eigenvalue weighted by Crippen LogP contribution is -2.53. The van der Waals surface area contributed by atoms with Gasteiger partial charge in [0.25, 0.3) is 0 Å². The Balaban J connectivity index is 1.30. The first-order valence-electron chi connectivity index (χ1n) is 11.1. The van der Waals surface area contributed by atoms with E-state index in [1.807, 2.05) is 25.1 Å². The monoisotopic (exact) mass is 509 g/mol. The SMILES string of the molecule is CCOc1ccc(S(=O)(=O)N[C@H](C)C(=O)N2CCN(Cc3ccc4c(c3)OCO4)CC2)cc1Cl. The summed E-state index contributed by atoms with van der Waals surface area (Å²) in [5.41, 5.74) is 1.11. The van der Waals surface area contributed by atoms with E-state index in [-0.39, 0.29) is 22.6 Å².